The van der Waals surface area contributed by atoms with Crippen LogP contribution in [0.15, 0.2) is 24.5 Å². The molecule has 3 heterocycles. The molecule has 21 heavy (non-hydrogen) atoms. The van der Waals surface area contributed by atoms with Gasteiger partial charge in [0.15, 0.2) is 0 Å². The highest BCUT2D eigenvalue weighted by molar-refractivity contribution is 5.85. The van der Waals surface area contributed by atoms with Gasteiger partial charge in [0.2, 0.25) is 5.88 Å². The van der Waals surface area contributed by atoms with Crippen molar-refractivity contribution in [3.05, 3.63) is 24.5 Å². The van der Waals surface area contributed by atoms with E-state index in [1.807, 2.05) is 12.3 Å². The summed E-state index contributed by atoms with van der Waals surface area (Å²) < 4.78 is 8.28. The van der Waals surface area contributed by atoms with E-state index >= 15 is 0 Å². The average molecular weight is 310 g/mol. The molecule has 0 aliphatic carbocycles. The fourth-order valence-corrected chi connectivity index (χ4v) is 2.86. The largest absolute Gasteiger partial charge is 0.476 e. The normalized spacial score (nSPS) is 16.1. The molecule has 1 N–H and O–H groups in total. The zero-order valence-corrected chi connectivity index (χ0v) is 13.5. The molecule has 3 rings (SSSR count). The van der Waals surface area contributed by atoms with E-state index in [2.05, 4.69) is 41.0 Å². The summed E-state index contributed by atoms with van der Waals surface area (Å²) in [5, 5.41) is 4.59. The lowest BCUT2D eigenvalue weighted by Gasteiger charge is -2.22. The molecule has 1 saturated heterocycles. The summed E-state index contributed by atoms with van der Waals surface area (Å²) in [7, 11) is 0. The first-order chi connectivity index (χ1) is 9.75. The Hall–Kier alpha value is -1.26. The zero-order chi connectivity index (χ0) is 13.9. The number of nitrogens with zero attached hydrogens (tertiary/aromatic N) is 2. The third-order valence-electron chi connectivity index (χ3n) is 4.07. The van der Waals surface area contributed by atoms with Crippen LogP contribution in [0.25, 0.3) is 10.9 Å². The topological polar surface area (TPSA) is 39.1 Å². The molecule has 5 heteroatoms. The molecule has 0 unspecified atom stereocenters. The van der Waals surface area contributed by atoms with Gasteiger partial charge in [-0.1, -0.05) is 0 Å². The molecule has 2 aromatic rings. The van der Waals surface area contributed by atoms with Gasteiger partial charge in [-0.25, -0.2) is 4.98 Å². The molecular formula is C16H24ClN3O. The number of aromatic nitrogens is 2. The Kier molecular flexibility index (Phi) is 5.48. The van der Waals surface area contributed by atoms with Crippen LogP contribution in [0.4, 0.5) is 0 Å². The smallest absolute Gasteiger partial charge is 0.238 e. The predicted molar refractivity (Wildman–Crippen MR) is 88.5 cm³/mol. The summed E-state index contributed by atoms with van der Waals surface area (Å²) in [5.74, 6) is 1.43. The standard InChI is InChI=1S/C16H23N3O.ClH/c1-12(2)19-10-6-14-5-9-18-16(15(14)19)20-11-13-3-7-17-8-4-13;/h5-6,9-10,12-13,17H,3-4,7-8,11H2,1-2H3;1H. The maximum absolute atomic E-state index is 6.05. The Bertz CT molecular complexity index is 576. The van der Waals surface area contributed by atoms with E-state index in [9.17, 15) is 0 Å². The highest BCUT2D eigenvalue weighted by atomic mass is 35.5. The Balaban J connectivity index is 0.00000161. The Morgan fingerprint density at radius 3 is 2.81 bits per heavy atom. The number of ether oxygens (including phenoxy) is 1. The molecule has 0 aromatic carbocycles. The number of pyridine rings is 1. The van der Waals surface area contributed by atoms with Crippen LogP contribution >= 0.6 is 12.4 Å². The number of fused-ring (bicyclic) bond motifs is 1. The fourth-order valence-electron chi connectivity index (χ4n) is 2.86. The minimum atomic E-state index is 0. The Morgan fingerprint density at radius 2 is 2.10 bits per heavy atom. The van der Waals surface area contributed by atoms with Crippen molar-refractivity contribution in [1.82, 2.24) is 14.9 Å². The fraction of sp³-hybridized carbons (Fsp3) is 0.562. The molecule has 0 spiro atoms. The molecule has 0 amide bonds. The highest BCUT2D eigenvalue weighted by Crippen LogP contribution is 2.27. The van der Waals surface area contributed by atoms with Crippen molar-refractivity contribution < 1.29 is 4.74 Å². The van der Waals surface area contributed by atoms with Gasteiger partial charge in [-0.2, -0.15) is 0 Å². The minimum absolute atomic E-state index is 0. The Labute approximate surface area is 132 Å². The van der Waals surface area contributed by atoms with Crippen molar-refractivity contribution in [3.8, 4) is 5.88 Å². The molecule has 0 saturated carbocycles. The third-order valence-corrected chi connectivity index (χ3v) is 4.07. The van der Waals surface area contributed by atoms with Gasteiger partial charge in [0.25, 0.3) is 0 Å². The van der Waals surface area contributed by atoms with Gasteiger partial charge in [-0.15, -0.1) is 12.4 Å². The summed E-state index contributed by atoms with van der Waals surface area (Å²) in [4.78, 5) is 4.45. The Morgan fingerprint density at radius 1 is 1.33 bits per heavy atom. The van der Waals surface area contributed by atoms with Crippen LogP contribution in [-0.2, 0) is 0 Å². The monoisotopic (exact) mass is 309 g/mol. The van der Waals surface area contributed by atoms with Crippen LogP contribution < -0.4 is 10.1 Å². The second kappa shape index (κ2) is 7.14. The molecule has 1 fully saturated rings. The van der Waals surface area contributed by atoms with Crippen molar-refractivity contribution >= 4 is 23.3 Å². The number of nitrogens with one attached hydrogen (secondary N) is 1. The van der Waals surface area contributed by atoms with E-state index in [0.29, 0.717) is 12.0 Å². The van der Waals surface area contributed by atoms with E-state index in [4.69, 9.17) is 4.74 Å². The second-order valence-electron chi connectivity index (χ2n) is 5.88. The molecule has 4 nitrogen and oxygen atoms in total. The van der Waals surface area contributed by atoms with Crippen molar-refractivity contribution in [1.29, 1.82) is 0 Å². The first-order valence-electron chi connectivity index (χ1n) is 7.55. The lowest BCUT2D eigenvalue weighted by atomic mass is 9.99. The highest BCUT2D eigenvalue weighted by Gasteiger charge is 2.16. The van der Waals surface area contributed by atoms with Gasteiger partial charge < -0.3 is 14.6 Å². The number of halogens is 1. The van der Waals surface area contributed by atoms with Crippen molar-refractivity contribution in [3.63, 3.8) is 0 Å². The van der Waals surface area contributed by atoms with Crippen LogP contribution in [0.1, 0.15) is 32.7 Å². The van der Waals surface area contributed by atoms with Gasteiger partial charge in [-0.3, -0.25) is 0 Å². The second-order valence-corrected chi connectivity index (χ2v) is 5.88. The number of rotatable bonds is 4. The van der Waals surface area contributed by atoms with Crippen LogP contribution in [-0.4, -0.2) is 29.2 Å². The minimum Gasteiger partial charge on any atom is -0.476 e. The molecule has 2 aromatic heterocycles. The van der Waals surface area contributed by atoms with E-state index < -0.39 is 0 Å². The summed E-state index contributed by atoms with van der Waals surface area (Å²) in [6.07, 6.45) is 6.35. The summed E-state index contributed by atoms with van der Waals surface area (Å²) >= 11 is 0. The maximum atomic E-state index is 6.05. The molecular weight excluding hydrogens is 286 g/mol. The quantitative estimate of drug-likeness (QED) is 0.940. The van der Waals surface area contributed by atoms with Crippen LogP contribution in [0, 0.1) is 5.92 Å². The van der Waals surface area contributed by atoms with Crippen molar-refractivity contribution in [2.24, 2.45) is 5.92 Å². The number of hydrogen-bond acceptors (Lipinski definition) is 3. The van der Waals surface area contributed by atoms with E-state index in [1.54, 1.807) is 0 Å². The summed E-state index contributed by atoms with van der Waals surface area (Å²) in [6, 6.07) is 4.60. The predicted octanol–water partition coefficient (Wildman–Crippen LogP) is 3.42. The van der Waals surface area contributed by atoms with Gasteiger partial charge >= 0.3 is 0 Å². The summed E-state index contributed by atoms with van der Waals surface area (Å²) in [6.45, 7) is 7.35. The van der Waals surface area contributed by atoms with Gasteiger partial charge in [-0.05, 0) is 57.8 Å². The van der Waals surface area contributed by atoms with E-state index in [0.717, 1.165) is 31.1 Å². The zero-order valence-electron chi connectivity index (χ0n) is 12.7. The van der Waals surface area contributed by atoms with E-state index in [1.165, 1.54) is 18.2 Å². The van der Waals surface area contributed by atoms with Crippen molar-refractivity contribution in [2.75, 3.05) is 19.7 Å². The number of hydrogen-bond donors (Lipinski definition) is 1. The molecule has 0 radical (unpaired) electrons. The number of piperidine rings is 1. The third kappa shape index (κ3) is 3.50. The first-order valence-corrected chi connectivity index (χ1v) is 7.55. The maximum Gasteiger partial charge on any atom is 0.238 e. The molecule has 116 valence electrons. The van der Waals surface area contributed by atoms with Gasteiger partial charge in [0, 0.05) is 23.8 Å². The van der Waals surface area contributed by atoms with Crippen molar-refractivity contribution in [2.45, 2.75) is 32.7 Å². The molecule has 0 bridgehead atoms. The van der Waals surface area contributed by atoms with Crippen LogP contribution in [0.2, 0.25) is 0 Å². The van der Waals surface area contributed by atoms with Crippen LogP contribution in [0.3, 0.4) is 0 Å². The average Bonchev–Trinajstić information content (AvgIpc) is 2.91. The first kappa shape index (κ1) is 16.1. The molecule has 0 atom stereocenters. The SMILES string of the molecule is CC(C)n1ccc2ccnc(OCC3CCNCC3)c21.Cl. The lowest BCUT2D eigenvalue weighted by Crippen LogP contribution is -2.30. The lowest BCUT2D eigenvalue weighted by molar-refractivity contribution is 0.210. The molecule has 1 aliphatic rings. The molecule has 1 aliphatic heterocycles. The van der Waals surface area contributed by atoms with Gasteiger partial charge in [0.1, 0.15) is 5.52 Å². The van der Waals surface area contributed by atoms with Gasteiger partial charge in [0.05, 0.1) is 6.61 Å². The van der Waals surface area contributed by atoms with Crippen LogP contribution in [0.5, 0.6) is 5.88 Å². The van der Waals surface area contributed by atoms with E-state index in [-0.39, 0.29) is 12.4 Å². The summed E-state index contributed by atoms with van der Waals surface area (Å²) in [5.41, 5.74) is 1.12.